The van der Waals surface area contributed by atoms with Gasteiger partial charge in [-0.05, 0) is 86.8 Å². The molecule has 8 rings (SSSR count). The summed E-state index contributed by atoms with van der Waals surface area (Å²) >= 11 is 0. The predicted octanol–water partition coefficient (Wildman–Crippen LogP) is 7.11. The SMILES string of the molecule is CC(F)(F)c1nc(C23CCC(CN(C(=O)CC45CC(F)(C4)C5)c4cccc(C(F)(F)F)c4)(CC2)CC3)no1. The number of alkyl halides is 6. The van der Waals surface area contributed by atoms with Gasteiger partial charge in [-0.15, -0.1) is 0 Å². The van der Waals surface area contributed by atoms with E-state index in [9.17, 15) is 31.1 Å². The lowest BCUT2D eigenvalue weighted by molar-refractivity contribution is -0.215. The van der Waals surface area contributed by atoms with Crippen molar-refractivity contribution in [2.45, 2.75) is 94.3 Å². The molecule has 1 aromatic carbocycles. The average molecular weight is 542 g/mol. The quantitative estimate of drug-likeness (QED) is 0.351. The van der Waals surface area contributed by atoms with Crippen LogP contribution < -0.4 is 4.90 Å². The highest BCUT2D eigenvalue weighted by atomic mass is 19.4. The Hall–Kier alpha value is -2.59. The normalized spacial score (nSPS) is 34.0. The molecule has 4 bridgehead atoms. The van der Waals surface area contributed by atoms with E-state index in [1.165, 1.54) is 17.0 Å². The number of anilines is 1. The first-order chi connectivity index (χ1) is 17.6. The molecule has 6 aliphatic rings. The van der Waals surface area contributed by atoms with Crippen LogP contribution in [-0.4, -0.2) is 28.3 Å². The maximum atomic E-state index is 14.1. The monoisotopic (exact) mass is 541 g/mol. The van der Waals surface area contributed by atoms with E-state index in [4.69, 9.17) is 4.52 Å². The first-order valence-electron chi connectivity index (χ1n) is 13.0. The highest BCUT2D eigenvalue weighted by molar-refractivity contribution is 5.94. The molecule has 6 saturated carbocycles. The molecule has 0 spiro atoms. The summed E-state index contributed by atoms with van der Waals surface area (Å²) in [5.74, 6) is -3.95. The molecule has 0 aliphatic heterocycles. The fourth-order valence-corrected chi connectivity index (χ4v) is 7.43. The summed E-state index contributed by atoms with van der Waals surface area (Å²) < 4.78 is 86.7. The number of amides is 1. The predicted molar refractivity (Wildman–Crippen MR) is 124 cm³/mol. The summed E-state index contributed by atoms with van der Waals surface area (Å²) in [7, 11) is 0. The summed E-state index contributed by atoms with van der Waals surface area (Å²) in [5.41, 5.74) is -3.00. The van der Waals surface area contributed by atoms with Gasteiger partial charge in [-0.1, -0.05) is 11.2 Å². The summed E-state index contributed by atoms with van der Waals surface area (Å²) in [6.45, 7) is 0.957. The molecule has 6 fully saturated rings. The number of hydrogen-bond acceptors (Lipinski definition) is 4. The number of hydrogen-bond donors (Lipinski definition) is 0. The Morgan fingerprint density at radius 1 is 1.00 bits per heavy atom. The van der Waals surface area contributed by atoms with Gasteiger partial charge in [0.2, 0.25) is 5.91 Å². The number of rotatable bonds is 7. The molecule has 0 N–H and O–H groups in total. The molecule has 206 valence electrons. The van der Waals surface area contributed by atoms with E-state index in [1.54, 1.807) is 0 Å². The molecule has 0 unspecified atom stereocenters. The molecule has 1 amide bonds. The summed E-state index contributed by atoms with van der Waals surface area (Å²) in [6, 6.07) is 4.81. The molecule has 0 atom stereocenters. The third-order valence-corrected chi connectivity index (χ3v) is 9.56. The van der Waals surface area contributed by atoms with Gasteiger partial charge in [-0.3, -0.25) is 4.79 Å². The fraction of sp³-hybridized carbons (Fsp3) is 0.667. The minimum atomic E-state index is -4.55. The van der Waals surface area contributed by atoms with Crippen LogP contribution in [-0.2, 0) is 22.3 Å². The van der Waals surface area contributed by atoms with Crippen LogP contribution in [0.15, 0.2) is 28.8 Å². The van der Waals surface area contributed by atoms with Crippen molar-refractivity contribution in [3.8, 4) is 0 Å². The van der Waals surface area contributed by atoms with Crippen molar-refractivity contribution >= 4 is 11.6 Å². The van der Waals surface area contributed by atoms with E-state index >= 15 is 0 Å². The lowest BCUT2D eigenvalue weighted by atomic mass is 9.41. The lowest BCUT2D eigenvalue weighted by Gasteiger charge is -2.66. The maximum absolute atomic E-state index is 14.1. The second-order valence-corrected chi connectivity index (χ2v) is 12.5. The van der Waals surface area contributed by atoms with Crippen molar-refractivity contribution in [1.82, 2.24) is 10.1 Å². The molecular formula is C27H29F6N3O2. The number of aromatic nitrogens is 2. The van der Waals surface area contributed by atoms with Crippen molar-refractivity contribution in [2.24, 2.45) is 10.8 Å². The average Bonchev–Trinajstić information content (AvgIpc) is 3.34. The Morgan fingerprint density at radius 2 is 1.63 bits per heavy atom. The van der Waals surface area contributed by atoms with Gasteiger partial charge in [0.15, 0.2) is 5.82 Å². The van der Waals surface area contributed by atoms with E-state index in [0.717, 1.165) is 12.1 Å². The van der Waals surface area contributed by atoms with Crippen LogP contribution in [0.25, 0.3) is 0 Å². The first-order valence-corrected chi connectivity index (χ1v) is 13.0. The van der Waals surface area contributed by atoms with Crippen molar-refractivity contribution < 1.29 is 35.7 Å². The van der Waals surface area contributed by atoms with Crippen LogP contribution in [0.2, 0.25) is 0 Å². The van der Waals surface area contributed by atoms with Crippen LogP contribution >= 0.6 is 0 Å². The minimum Gasteiger partial charge on any atom is -0.333 e. The molecular weight excluding hydrogens is 512 g/mol. The third-order valence-electron chi connectivity index (χ3n) is 9.56. The summed E-state index contributed by atoms with van der Waals surface area (Å²) in [6.07, 6.45) is 0.360. The zero-order valence-corrected chi connectivity index (χ0v) is 21.0. The van der Waals surface area contributed by atoms with Crippen LogP contribution in [0.1, 0.15) is 88.4 Å². The van der Waals surface area contributed by atoms with Gasteiger partial charge in [-0.2, -0.15) is 26.9 Å². The van der Waals surface area contributed by atoms with Gasteiger partial charge in [0.1, 0.15) is 5.67 Å². The second kappa shape index (κ2) is 7.97. The van der Waals surface area contributed by atoms with Crippen LogP contribution in [0.5, 0.6) is 0 Å². The van der Waals surface area contributed by atoms with Gasteiger partial charge in [-0.25, -0.2) is 4.39 Å². The third kappa shape index (κ3) is 4.20. The van der Waals surface area contributed by atoms with Gasteiger partial charge in [0, 0.05) is 31.0 Å². The standard InChI is InChI=1S/C27H29F6N3O2/c1-22(28,29)21-34-20(35-38-21)25-8-5-23(6-9-25,7-10-25)16-36(18-4-2-3-17(11-18)27(31,32)33)19(37)12-24-13-26(30,14-24)15-24/h2-4,11H,5-10,12-16H2,1H3. The number of nitrogens with zero attached hydrogens (tertiary/aromatic N) is 3. The Balaban J connectivity index is 1.23. The Kier molecular flexibility index (Phi) is 5.39. The minimum absolute atomic E-state index is 0.117. The molecule has 1 heterocycles. The van der Waals surface area contributed by atoms with Gasteiger partial charge < -0.3 is 9.42 Å². The fourth-order valence-electron chi connectivity index (χ4n) is 7.43. The number of benzene rings is 1. The van der Waals surface area contributed by atoms with E-state index < -0.39 is 34.6 Å². The van der Waals surface area contributed by atoms with Gasteiger partial charge in [0.25, 0.3) is 5.89 Å². The smallest absolute Gasteiger partial charge is 0.333 e. The number of fused-ring (bicyclic) bond motifs is 3. The zero-order chi connectivity index (χ0) is 27.2. The van der Waals surface area contributed by atoms with Gasteiger partial charge in [0.05, 0.1) is 5.56 Å². The lowest BCUT2D eigenvalue weighted by Crippen LogP contribution is -2.65. The van der Waals surface area contributed by atoms with E-state index in [0.29, 0.717) is 64.7 Å². The second-order valence-electron chi connectivity index (χ2n) is 12.5. The zero-order valence-electron chi connectivity index (χ0n) is 21.0. The van der Waals surface area contributed by atoms with Crippen molar-refractivity contribution in [2.75, 3.05) is 11.4 Å². The molecule has 38 heavy (non-hydrogen) atoms. The topological polar surface area (TPSA) is 59.2 Å². The Labute approximate surface area is 215 Å². The van der Waals surface area contributed by atoms with Crippen LogP contribution in [0.4, 0.5) is 32.0 Å². The highest BCUT2D eigenvalue weighted by Gasteiger charge is 2.69. The molecule has 6 aliphatic carbocycles. The molecule has 0 saturated heterocycles. The van der Waals surface area contributed by atoms with Crippen LogP contribution in [0, 0.1) is 10.8 Å². The Bertz CT molecular complexity index is 1220. The maximum Gasteiger partial charge on any atom is 0.416 e. The largest absolute Gasteiger partial charge is 0.416 e. The van der Waals surface area contributed by atoms with Gasteiger partial charge >= 0.3 is 12.1 Å². The number of carbonyl (C=O) groups excluding carboxylic acids is 1. The van der Waals surface area contributed by atoms with E-state index in [2.05, 4.69) is 10.1 Å². The Morgan fingerprint density at radius 3 is 2.16 bits per heavy atom. The first kappa shape index (κ1) is 25.7. The summed E-state index contributed by atoms with van der Waals surface area (Å²) in [4.78, 5) is 19.1. The van der Waals surface area contributed by atoms with E-state index in [-0.39, 0.29) is 41.2 Å². The summed E-state index contributed by atoms with van der Waals surface area (Å²) in [5, 5.41) is 3.86. The van der Waals surface area contributed by atoms with Crippen molar-refractivity contribution in [3.63, 3.8) is 0 Å². The van der Waals surface area contributed by atoms with Crippen molar-refractivity contribution in [3.05, 3.63) is 41.5 Å². The van der Waals surface area contributed by atoms with E-state index in [1.807, 2.05) is 0 Å². The molecule has 2 aromatic rings. The number of carbonyl (C=O) groups is 1. The number of halogens is 6. The van der Waals surface area contributed by atoms with Crippen LogP contribution in [0.3, 0.4) is 0 Å². The molecule has 11 heteroatoms. The molecule has 5 nitrogen and oxygen atoms in total. The molecule has 0 radical (unpaired) electrons. The highest BCUT2D eigenvalue weighted by Crippen LogP contribution is 2.71. The molecule has 1 aromatic heterocycles. The van der Waals surface area contributed by atoms with Crippen molar-refractivity contribution in [1.29, 1.82) is 0 Å².